The van der Waals surface area contributed by atoms with E-state index in [0.717, 1.165) is 0 Å². The molecule has 0 saturated carbocycles. The van der Waals surface area contributed by atoms with Crippen LogP contribution in [0.3, 0.4) is 0 Å². The molecule has 0 aromatic carbocycles. The molecule has 0 radical (unpaired) electrons. The highest BCUT2D eigenvalue weighted by Gasteiger charge is 2.28. The third-order valence-corrected chi connectivity index (χ3v) is 2.90. The van der Waals surface area contributed by atoms with E-state index in [0.29, 0.717) is 32.0 Å². The van der Waals surface area contributed by atoms with Crippen molar-refractivity contribution in [2.45, 2.75) is 38.8 Å². The normalized spacial score (nSPS) is 22.0. The van der Waals surface area contributed by atoms with Crippen molar-refractivity contribution in [3.05, 3.63) is 0 Å². The van der Waals surface area contributed by atoms with Gasteiger partial charge in [-0.2, -0.15) is 0 Å². The zero-order chi connectivity index (χ0) is 13.7. The highest BCUT2D eigenvalue weighted by atomic mass is 16.5. The van der Waals surface area contributed by atoms with Gasteiger partial charge in [-0.25, -0.2) is 0 Å². The van der Waals surface area contributed by atoms with Crippen molar-refractivity contribution in [1.29, 1.82) is 0 Å². The van der Waals surface area contributed by atoms with Gasteiger partial charge in [-0.1, -0.05) is 13.8 Å². The summed E-state index contributed by atoms with van der Waals surface area (Å²) in [6.07, 6.45) is 0.134. The Balaban J connectivity index is 2.49. The molecule has 1 rings (SSSR count). The molecule has 18 heavy (non-hydrogen) atoms. The monoisotopic (exact) mass is 258 g/mol. The van der Waals surface area contributed by atoms with Crippen molar-refractivity contribution < 1.29 is 19.4 Å². The number of carboxylic acid groups (broad SMARTS) is 1. The van der Waals surface area contributed by atoms with Crippen LogP contribution in [0.1, 0.15) is 26.7 Å². The number of nitrogens with zero attached hydrogens (tertiary/aromatic N) is 1. The molecule has 3 N–H and O–H groups in total. The summed E-state index contributed by atoms with van der Waals surface area (Å²) in [5.74, 6) is -0.664. The van der Waals surface area contributed by atoms with Crippen LogP contribution >= 0.6 is 0 Å². The Labute approximate surface area is 107 Å². The maximum absolute atomic E-state index is 12.1. The van der Waals surface area contributed by atoms with Gasteiger partial charge >= 0.3 is 5.97 Å². The predicted octanol–water partition coefficient (Wildman–Crippen LogP) is 0.0619. The maximum Gasteiger partial charge on any atom is 0.306 e. The van der Waals surface area contributed by atoms with E-state index in [2.05, 4.69) is 0 Å². The largest absolute Gasteiger partial charge is 0.481 e. The summed E-state index contributed by atoms with van der Waals surface area (Å²) >= 11 is 0. The number of aliphatic carboxylic acids is 1. The first kappa shape index (κ1) is 14.9. The van der Waals surface area contributed by atoms with Crippen LogP contribution < -0.4 is 5.73 Å². The summed E-state index contributed by atoms with van der Waals surface area (Å²) < 4.78 is 5.31. The van der Waals surface area contributed by atoms with E-state index in [1.54, 1.807) is 4.90 Å². The smallest absolute Gasteiger partial charge is 0.306 e. The minimum atomic E-state index is -0.916. The van der Waals surface area contributed by atoms with Gasteiger partial charge in [-0.15, -0.1) is 0 Å². The van der Waals surface area contributed by atoms with Crippen LogP contribution in [0, 0.1) is 5.92 Å². The Morgan fingerprint density at radius 3 is 2.72 bits per heavy atom. The fourth-order valence-electron chi connectivity index (χ4n) is 2.08. The van der Waals surface area contributed by atoms with E-state index in [9.17, 15) is 9.59 Å². The van der Waals surface area contributed by atoms with Crippen LogP contribution in [0.15, 0.2) is 0 Å². The highest BCUT2D eigenvalue weighted by Crippen LogP contribution is 2.12. The first-order valence-corrected chi connectivity index (χ1v) is 6.28. The van der Waals surface area contributed by atoms with Crippen molar-refractivity contribution >= 4 is 11.9 Å². The van der Waals surface area contributed by atoms with Crippen LogP contribution in [0.2, 0.25) is 0 Å². The van der Waals surface area contributed by atoms with Gasteiger partial charge in [0.1, 0.15) is 0 Å². The second-order valence-electron chi connectivity index (χ2n) is 5.11. The summed E-state index contributed by atoms with van der Waals surface area (Å²) in [5, 5.41) is 8.71. The zero-order valence-electron chi connectivity index (χ0n) is 11.0. The van der Waals surface area contributed by atoms with Crippen molar-refractivity contribution in [3.63, 3.8) is 0 Å². The lowest BCUT2D eigenvalue weighted by atomic mass is 10.0. The number of ether oxygens (including phenoxy) is 1. The van der Waals surface area contributed by atoms with Gasteiger partial charge < -0.3 is 20.5 Å². The topological polar surface area (TPSA) is 92.9 Å². The molecule has 2 unspecified atom stereocenters. The van der Waals surface area contributed by atoms with Crippen LogP contribution in [0.4, 0.5) is 0 Å². The number of nitrogens with two attached hydrogens (primary N) is 1. The predicted molar refractivity (Wildman–Crippen MR) is 66.0 cm³/mol. The molecular formula is C12H22N2O4. The van der Waals surface area contributed by atoms with Crippen molar-refractivity contribution in [3.8, 4) is 0 Å². The van der Waals surface area contributed by atoms with Gasteiger partial charge in [0, 0.05) is 13.1 Å². The van der Waals surface area contributed by atoms with Gasteiger partial charge in [0.2, 0.25) is 5.91 Å². The summed E-state index contributed by atoms with van der Waals surface area (Å²) in [5.41, 5.74) is 5.85. The molecule has 0 bridgehead atoms. The number of amides is 1. The number of morpholine rings is 1. The maximum atomic E-state index is 12.1. The molecule has 0 spiro atoms. The minimum Gasteiger partial charge on any atom is -0.481 e. The highest BCUT2D eigenvalue weighted by molar-refractivity contribution is 5.81. The fourth-order valence-corrected chi connectivity index (χ4v) is 2.08. The Hall–Kier alpha value is -1.14. The summed E-state index contributed by atoms with van der Waals surface area (Å²) in [6, 6.07) is -0.506. The molecule has 0 aliphatic carbocycles. The lowest BCUT2D eigenvalue weighted by molar-refractivity contribution is -0.148. The Bertz CT molecular complexity index is 306. The lowest BCUT2D eigenvalue weighted by Gasteiger charge is -2.34. The number of hydrogen-bond donors (Lipinski definition) is 2. The van der Waals surface area contributed by atoms with Crippen LogP contribution in [-0.2, 0) is 14.3 Å². The molecule has 1 aliphatic rings. The van der Waals surface area contributed by atoms with Crippen LogP contribution in [0.5, 0.6) is 0 Å². The first-order valence-electron chi connectivity index (χ1n) is 6.28. The molecule has 6 heteroatoms. The lowest BCUT2D eigenvalue weighted by Crippen LogP contribution is -2.52. The van der Waals surface area contributed by atoms with E-state index < -0.39 is 18.1 Å². The molecule has 1 saturated heterocycles. The molecule has 1 heterocycles. The quantitative estimate of drug-likeness (QED) is 0.727. The second-order valence-corrected chi connectivity index (χ2v) is 5.11. The molecule has 2 atom stereocenters. The Morgan fingerprint density at radius 2 is 2.17 bits per heavy atom. The van der Waals surface area contributed by atoms with Crippen molar-refractivity contribution in [2.75, 3.05) is 19.7 Å². The van der Waals surface area contributed by atoms with Gasteiger partial charge in [0.25, 0.3) is 0 Å². The average Bonchev–Trinajstić information content (AvgIpc) is 2.26. The molecular weight excluding hydrogens is 236 g/mol. The average molecular weight is 258 g/mol. The number of carboxylic acids is 1. The van der Waals surface area contributed by atoms with E-state index in [1.165, 1.54) is 0 Å². The molecule has 104 valence electrons. The Kier molecular flexibility index (Phi) is 5.55. The molecule has 0 aromatic rings. The van der Waals surface area contributed by atoms with Gasteiger partial charge in [-0.05, 0) is 12.3 Å². The van der Waals surface area contributed by atoms with Crippen molar-refractivity contribution in [1.82, 2.24) is 4.90 Å². The second kappa shape index (κ2) is 6.70. The standard InChI is InChI=1S/C12H22N2O4/c1-8(2)5-10(13)12(17)14-3-4-18-9(7-14)6-11(15)16/h8-10H,3-7,13H2,1-2H3,(H,15,16). The van der Waals surface area contributed by atoms with E-state index in [-0.39, 0.29) is 12.3 Å². The SMILES string of the molecule is CC(C)CC(N)C(=O)N1CCOC(CC(=O)O)C1. The van der Waals surface area contributed by atoms with E-state index in [1.807, 2.05) is 13.8 Å². The van der Waals surface area contributed by atoms with E-state index >= 15 is 0 Å². The number of hydrogen-bond acceptors (Lipinski definition) is 4. The Morgan fingerprint density at radius 1 is 1.50 bits per heavy atom. The van der Waals surface area contributed by atoms with E-state index in [4.69, 9.17) is 15.6 Å². The third kappa shape index (κ3) is 4.62. The fraction of sp³-hybridized carbons (Fsp3) is 0.833. The first-order chi connectivity index (χ1) is 8.40. The molecule has 1 aliphatic heterocycles. The van der Waals surface area contributed by atoms with Gasteiger partial charge in [-0.3, -0.25) is 9.59 Å². The number of carbonyl (C=O) groups is 2. The third-order valence-electron chi connectivity index (χ3n) is 2.90. The molecule has 1 fully saturated rings. The molecule has 1 amide bonds. The van der Waals surface area contributed by atoms with Crippen LogP contribution in [0.25, 0.3) is 0 Å². The summed E-state index contributed by atoms with van der Waals surface area (Å²) in [4.78, 5) is 24.3. The summed E-state index contributed by atoms with van der Waals surface area (Å²) in [7, 11) is 0. The summed E-state index contributed by atoms with van der Waals surface area (Å²) in [6.45, 7) is 5.20. The molecule has 0 aromatic heterocycles. The molecule has 6 nitrogen and oxygen atoms in total. The number of rotatable bonds is 5. The van der Waals surface area contributed by atoms with Crippen LogP contribution in [-0.4, -0.2) is 53.7 Å². The van der Waals surface area contributed by atoms with Gasteiger partial charge in [0.15, 0.2) is 0 Å². The van der Waals surface area contributed by atoms with Gasteiger partial charge in [0.05, 0.1) is 25.2 Å². The minimum absolute atomic E-state index is 0.0802. The number of carbonyl (C=O) groups excluding carboxylic acids is 1. The zero-order valence-corrected chi connectivity index (χ0v) is 11.0. The van der Waals surface area contributed by atoms with Crippen molar-refractivity contribution in [2.24, 2.45) is 11.7 Å².